The first-order valence-electron chi connectivity index (χ1n) is 5.96. The molecule has 2 aromatic rings. The van der Waals surface area contributed by atoms with Crippen LogP contribution in [0.1, 0.15) is 23.8 Å². The molecule has 9 heteroatoms. The van der Waals surface area contributed by atoms with Crippen molar-refractivity contribution in [2.75, 3.05) is 11.9 Å². The second-order valence-electron chi connectivity index (χ2n) is 4.37. The number of anilines is 1. The Labute approximate surface area is 112 Å². The van der Waals surface area contributed by atoms with Gasteiger partial charge < -0.3 is 5.32 Å². The highest BCUT2D eigenvalue weighted by Gasteiger charge is 2.27. The Balaban J connectivity index is 1.49. The SMILES string of the molecule is O=[N+]([O-])c1cnn(CCNc2nnc(C3CC3)s2)c1. The molecular weight excluding hydrogens is 268 g/mol. The van der Waals surface area contributed by atoms with Crippen molar-refractivity contribution in [3.63, 3.8) is 0 Å². The van der Waals surface area contributed by atoms with Crippen molar-refractivity contribution in [1.29, 1.82) is 0 Å². The van der Waals surface area contributed by atoms with Crippen molar-refractivity contribution in [1.82, 2.24) is 20.0 Å². The average Bonchev–Trinajstić information content (AvgIpc) is 2.94. The van der Waals surface area contributed by atoms with Crippen molar-refractivity contribution in [2.24, 2.45) is 0 Å². The molecule has 0 spiro atoms. The first kappa shape index (κ1) is 12.0. The lowest BCUT2D eigenvalue weighted by Crippen LogP contribution is -2.10. The minimum Gasteiger partial charge on any atom is -0.358 e. The van der Waals surface area contributed by atoms with Gasteiger partial charge in [0.15, 0.2) is 0 Å². The Kier molecular flexibility index (Phi) is 3.11. The molecule has 100 valence electrons. The van der Waals surface area contributed by atoms with E-state index in [0.29, 0.717) is 19.0 Å². The van der Waals surface area contributed by atoms with Crippen molar-refractivity contribution in [3.05, 3.63) is 27.5 Å². The fourth-order valence-electron chi connectivity index (χ4n) is 1.65. The van der Waals surface area contributed by atoms with Crippen molar-refractivity contribution >= 4 is 22.2 Å². The van der Waals surface area contributed by atoms with Crippen LogP contribution >= 0.6 is 11.3 Å². The van der Waals surface area contributed by atoms with E-state index in [-0.39, 0.29) is 5.69 Å². The van der Waals surface area contributed by atoms with Crippen LogP contribution in [-0.4, -0.2) is 31.4 Å². The maximum atomic E-state index is 10.5. The molecule has 2 heterocycles. The summed E-state index contributed by atoms with van der Waals surface area (Å²) in [7, 11) is 0. The second kappa shape index (κ2) is 4.92. The van der Waals surface area contributed by atoms with Gasteiger partial charge in [-0.2, -0.15) is 5.10 Å². The number of nitrogens with one attached hydrogen (secondary N) is 1. The molecular formula is C10H12N6O2S. The molecule has 0 amide bonds. The minimum atomic E-state index is -0.455. The van der Waals surface area contributed by atoms with E-state index in [9.17, 15) is 10.1 Å². The van der Waals surface area contributed by atoms with Gasteiger partial charge in [0.05, 0.1) is 11.5 Å². The Bertz CT molecular complexity index is 590. The number of nitro groups is 1. The topological polar surface area (TPSA) is 98.8 Å². The Morgan fingerprint density at radius 1 is 1.53 bits per heavy atom. The molecule has 0 atom stereocenters. The van der Waals surface area contributed by atoms with Crippen LogP contribution in [0.5, 0.6) is 0 Å². The predicted octanol–water partition coefficient (Wildman–Crippen LogP) is 1.63. The van der Waals surface area contributed by atoms with E-state index in [2.05, 4.69) is 20.6 Å². The van der Waals surface area contributed by atoms with Gasteiger partial charge in [-0.3, -0.25) is 14.8 Å². The molecule has 0 aromatic carbocycles. The molecule has 0 aliphatic heterocycles. The maximum Gasteiger partial charge on any atom is 0.306 e. The normalized spacial score (nSPS) is 14.5. The van der Waals surface area contributed by atoms with E-state index in [1.165, 1.54) is 29.9 Å². The van der Waals surface area contributed by atoms with E-state index >= 15 is 0 Å². The third-order valence-electron chi connectivity index (χ3n) is 2.81. The van der Waals surface area contributed by atoms with Gasteiger partial charge in [-0.05, 0) is 12.8 Å². The highest BCUT2D eigenvalue weighted by Crippen LogP contribution is 2.41. The summed E-state index contributed by atoms with van der Waals surface area (Å²) in [6.45, 7) is 1.16. The molecule has 19 heavy (non-hydrogen) atoms. The Hall–Kier alpha value is -2.03. The van der Waals surface area contributed by atoms with Gasteiger partial charge >= 0.3 is 5.69 Å². The van der Waals surface area contributed by atoms with Crippen LogP contribution in [0.4, 0.5) is 10.8 Å². The number of rotatable bonds is 6. The minimum absolute atomic E-state index is 0.00642. The largest absolute Gasteiger partial charge is 0.358 e. The van der Waals surface area contributed by atoms with Gasteiger partial charge in [-0.15, -0.1) is 10.2 Å². The summed E-state index contributed by atoms with van der Waals surface area (Å²) in [4.78, 5) is 10.0. The molecule has 2 aromatic heterocycles. The van der Waals surface area contributed by atoms with Crippen LogP contribution < -0.4 is 5.32 Å². The molecule has 0 bridgehead atoms. The number of nitrogens with zero attached hydrogens (tertiary/aromatic N) is 5. The lowest BCUT2D eigenvalue weighted by molar-refractivity contribution is -0.385. The molecule has 1 aliphatic rings. The van der Waals surface area contributed by atoms with E-state index < -0.39 is 4.92 Å². The van der Waals surface area contributed by atoms with Crippen LogP contribution in [0.3, 0.4) is 0 Å². The summed E-state index contributed by atoms with van der Waals surface area (Å²) in [6, 6.07) is 0. The number of hydrogen-bond acceptors (Lipinski definition) is 7. The third kappa shape index (κ3) is 2.87. The van der Waals surface area contributed by atoms with Crippen LogP contribution in [0.2, 0.25) is 0 Å². The summed E-state index contributed by atoms with van der Waals surface area (Å²) in [6.07, 6.45) is 5.09. The van der Waals surface area contributed by atoms with Gasteiger partial charge in [-0.1, -0.05) is 11.3 Å². The second-order valence-corrected chi connectivity index (χ2v) is 5.37. The van der Waals surface area contributed by atoms with Gasteiger partial charge in [0.2, 0.25) is 5.13 Å². The number of aromatic nitrogens is 4. The van der Waals surface area contributed by atoms with Crippen molar-refractivity contribution in [2.45, 2.75) is 25.3 Å². The summed E-state index contributed by atoms with van der Waals surface area (Å²) in [5.41, 5.74) is 0.00642. The van der Waals surface area contributed by atoms with Crippen molar-refractivity contribution < 1.29 is 4.92 Å². The fourth-order valence-corrected chi connectivity index (χ4v) is 2.59. The van der Waals surface area contributed by atoms with Crippen LogP contribution in [0.25, 0.3) is 0 Å². The lowest BCUT2D eigenvalue weighted by Gasteiger charge is -2.01. The quantitative estimate of drug-likeness (QED) is 0.637. The fraction of sp³-hybridized carbons (Fsp3) is 0.500. The molecule has 1 fully saturated rings. The molecule has 8 nitrogen and oxygen atoms in total. The van der Waals surface area contributed by atoms with Gasteiger partial charge in [0.25, 0.3) is 0 Å². The molecule has 1 saturated carbocycles. The van der Waals surface area contributed by atoms with Crippen LogP contribution in [-0.2, 0) is 6.54 Å². The van der Waals surface area contributed by atoms with E-state index in [1.54, 1.807) is 11.3 Å². The molecule has 3 rings (SSSR count). The molecule has 0 unspecified atom stereocenters. The highest BCUT2D eigenvalue weighted by atomic mass is 32.1. The molecule has 0 saturated heterocycles. The molecule has 0 radical (unpaired) electrons. The summed E-state index contributed by atoms with van der Waals surface area (Å²) < 4.78 is 1.54. The average molecular weight is 280 g/mol. The van der Waals surface area contributed by atoms with E-state index in [0.717, 1.165) is 10.1 Å². The zero-order chi connectivity index (χ0) is 13.2. The zero-order valence-corrected chi connectivity index (χ0v) is 10.8. The maximum absolute atomic E-state index is 10.5. The zero-order valence-electron chi connectivity index (χ0n) is 10.0. The standard InChI is InChI=1S/C10H12N6O2S/c17-16(18)8-5-12-15(6-8)4-3-11-10-14-13-9(19-10)7-1-2-7/h5-7H,1-4H2,(H,11,14). The van der Waals surface area contributed by atoms with Gasteiger partial charge in [0.1, 0.15) is 17.4 Å². The highest BCUT2D eigenvalue weighted by molar-refractivity contribution is 7.15. The smallest absolute Gasteiger partial charge is 0.306 e. The monoisotopic (exact) mass is 280 g/mol. The predicted molar refractivity (Wildman–Crippen MR) is 69.3 cm³/mol. The first-order chi connectivity index (χ1) is 9.22. The van der Waals surface area contributed by atoms with Crippen LogP contribution in [0, 0.1) is 10.1 Å². The van der Waals surface area contributed by atoms with E-state index in [4.69, 9.17) is 0 Å². The molecule has 1 N–H and O–H groups in total. The third-order valence-corrected chi connectivity index (χ3v) is 3.86. The van der Waals surface area contributed by atoms with Crippen molar-refractivity contribution in [3.8, 4) is 0 Å². The molecule has 1 aliphatic carbocycles. The summed E-state index contributed by atoms with van der Waals surface area (Å²) in [5.74, 6) is 0.613. The Morgan fingerprint density at radius 3 is 3.05 bits per heavy atom. The lowest BCUT2D eigenvalue weighted by atomic mass is 10.5. The van der Waals surface area contributed by atoms with Gasteiger partial charge in [-0.25, -0.2) is 0 Å². The first-order valence-corrected chi connectivity index (χ1v) is 6.78. The summed E-state index contributed by atoms with van der Waals surface area (Å²) >= 11 is 1.58. The van der Waals surface area contributed by atoms with Crippen LogP contribution in [0.15, 0.2) is 12.4 Å². The van der Waals surface area contributed by atoms with Gasteiger partial charge in [0, 0.05) is 12.5 Å². The summed E-state index contributed by atoms with van der Waals surface area (Å²) in [5, 5.41) is 27.6. The Morgan fingerprint density at radius 2 is 2.37 bits per heavy atom. The van der Waals surface area contributed by atoms with E-state index in [1.807, 2.05) is 0 Å². The number of hydrogen-bond donors (Lipinski definition) is 1.